The SMILES string of the molecule is COc1ccccc1-c1nnc(NC(=O)c2ccc(C#N)cc2)s1. The van der Waals surface area contributed by atoms with Crippen LogP contribution in [0.5, 0.6) is 5.75 Å². The number of benzene rings is 2. The molecule has 0 radical (unpaired) electrons. The molecule has 1 aromatic heterocycles. The van der Waals surface area contributed by atoms with E-state index in [0.717, 1.165) is 5.56 Å². The molecule has 7 heteroatoms. The Morgan fingerprint density at radius 2 is 1.92 bits per heavy atom. The van der Waals surface area contributed by atoms with E-state index in [9.17, 15) is 4.79 Å². The fourth-order valence-electron chi connectivity index (χ4n) is 2.07. The lowest BCUT2D eigenvalue weighted by molar-refractivity contribution is 0.102. The molecule has 1 N–H and O–H groups in total. The van der Waals surface area contributed by atoms with E-state index < -0.39 is 0 Å². The predicted molar refractivity (Wildman–Crippen MR) is 91.0 cm³/mol. The minimum Gasteiger partial charge on any atom is -0.496 e. The van der Waals surface area contributed by atoms with Crippen LogP contribution in [-0.2, 0) is 0 Å². The standard InChI is InChI=1S/C17H12N4O2S/c1-23-14-5-3-2-4-13(14)16-20-21-17(24-16)19-15(22)12-8-6-11(10-18)7-9-12/h2-9H,1H3,(H,19,21,22). The van der Waals surface area contributed by atoms with Crippen LogP contribution in [-0.4, -0.2) is 23.2 Å². The molecule has 6 nitrogen and oxygen atoms in total. The maximum absolute atomic E-state index is 12.2. The molecule has 0 atom stereocenters. The monoisotopic (exact) mass is 336 g/mol. The highest BCUT2D eigenvalue weighted by Crippen LogP contribution is 2.33. The first-order chi connectivity index (χ1) is 11.7. The second-order valence-corrected chi connectivity index (χ2v) is 5.73. The minimum atomic E-state index is -0.304. The van der Waals surface area contributed by atoms with Gasteiger partial charge in [-0.2, -0.15) is 5.26 Å². The zero-order chi connectivity index (χ0) is 16.9. The average molecular weight is 336 g/mol. The summed E-state index contributed by atoms with van der Waals surface area (Å²) < 4.78 is 5.31. The molecule has 0 saturated heterocycles. The van der Waals surface area contributed by atoms with Gasteiger partial charge in [0.25, 0.3) is 5.91 Å². The molecule has 0 bridgehead atoms. The van der Waals surface area contributed by atoms with E-state index in [1.54, 1.807) is 31.4 Å². The largest absolute Gasteiger partial charge is 0.496 e. The van der Waals surface area contributed by atoms with Crippen molar-refractivity contribution < 1.29 is 9.53 Å². The van der Waals surface area contributed by atoms with Gasteiger partial charge in [0.15, 0.2) is 5.01 Å². The number of para-hydroxylation sites is 1. The Labute approximate surface area is 142 Å². The van der Waals surface area contributed by atoms with E-state index in [1.807, 2.05) is 30.3 Å². The molecule has 0 spiro atoms. The molecule has 3 aromatic rings. The average Bonchev–Trinajstić information content (AvgIpc) is 3.10. The third kappa shape index (κ3) is 3.24. The first-order valence-electron chi connectivity index (χ1n) is 6.99. The highest BCUT2D eigenvalue weighted by molar-refractivity contribution is 7.18. The number of amides is 1. The Hall–Kier alpha value is -3.24. The van der Waals surface area contributed by atoms with Crippen molar-refractivity contribution in [1.82, 2.24) is 10.2 Å². The molecular formula is C17H12N4O2S. The summed E-state index contributed by atoms with van der Waals surface area (Å²) in [6.45, 7) is 0. The van der Waals surface area contributed by atoms with Gasteiger partial charge in [-0.15, -0.1) is 10.2 Å². The van der Waals surface area contributed by atoms with Gasteiger partial charge in [-0.25, -0.2) is 0 Å². The molecule has 118 valence electrons. The van der Waals surface area contributed by atoms with Gasteiger partial charge in [-0.05, 0) is 36.4 Å². The number of hydrogen-bond donors (Lipinski definition) is 1. The van der Waals surface area contributed by atoms with Gasteiger partial charge < -0.3 is 4.74 Å². The van der Waals surface area contributed by atoms with Crippen molar-refractivity contribution in [2.45, 2.75) is 0 Å². The van der Waals surface area contributed by atoms with E-state index in [1.165, 1.54) is 11.3 Å². The summed E-state index contributed by atoms with van der Waals surface area (Å²) in [7, 11) is 1.59. The Bertz CT molecular complexity index is 913. The van der Waals surface area contributed by atoms with Crippen molar-refractivity contribution in [2.24, 2.45) is 0 Å². The lowest BCUT2D eigenvalue weighted by atomic mass is 10.1. The van der Waals surface area contributed by atoms with Crippen molar-refractivity contribution in [1.29, 1.82) is 5.26 Å². The maximum atomic E-state index is 12.2. The molecule has 24 heavy (non-hydrogen) atoms. The molecule has 1 amide bonds. The Morgan fingerprint density at radius 1 is 1.17 bits per heavy atom. The molecule has 3 rings (SSSR count). The van der Waals surface area contributed by atoms with Crippen molar-refractivity contribution in [3.05, 3.63) is 59.7 Å². The number of hydrogen-bond acceptors (Lipinski definition) is 6. The van der Waals surface area contributed by atoms with E-state index >= 15 is 0 Å². The van der Waals surface area contributed by atoms with Gasteiger partial charge in [0.2, 0.25) is 5.13 Å². The third-order valence-electron chi connectivity index (χ3n) is 3.26. The first kappa shape index (κ1) is 15.6. The Morgan fingerprint density at radius 3 is 2.62 bits per heavy atom. The molecule has 1 heterocycles. The summed E-state index contributed by atoms with van der Waals surface area (Å²) in [6.07, 6.45) is 0. The van der Waals surface area contributed by atoms with E-state index in [-0.39, 0.29) is 5.91 Å². The normalized spacial score (nSPS) is 10.0. The van der Waals surface area contributed by atoms with Gasteiger partial charge in [0.05, 0.1) is 24.3 Å². The molecular weight excluding hydrogens is 324 g/mol. The Kier molecular flexibility index (Phi) is 4.50. The minimum absolute atomic E-state index is 0.304. The van der Waals surface area contributed by atoms with E-state index in [4.69, 9.17) is 10.00 Å². The van der Waals surface area contributed by atoms with Crippen LogP contribution in [0, 0.1) is 11.3 Å². The summed E-state index contributed by atoms with van der Waals surface area (Å²) in [4.78, 5) is 12.2. The van der Waals surface area contributed by atoms with Crippen LogP contribution in [0.4, 0.5) is 5.13 Å². The number of methoxy groups -OCH3 is 1. The summed E-state index contributed by atoms with van der Waals surface area (Å²) in [6, 6.07) is 15.9. The molecule has 0 saturated carbocycles. The smallest absolute Gasteiger partial charge is 0.257 e. The third-order valence-corrected chi connectivity index (χ3v) is 4.13. The zero-order valence-electron chi connectivity index (χ0n) is 12.7. The number of carbonyl (C=O) groups is 1. The topological polar surface area (TPSA) is 87.9 Å². The number of nitriles is 1. The summed E-state index contributed by atoms with van der Waals surface area (Å²) in [5, 5.41) is 20.6. The number of aromatic nitrogens is 2. The number of ether oxygens (including phenoxy) is 1. The van der Waals surface area contributed by atoms with Crippen LogP contribution in [0.2, 0.25) is 0 Å². The van der Waals surface area contributed by atoms with Crippen LogP contribution >= 0.6 is 11.3 Å². The molecule has 0 aliphatic rings. The van der Waals surface area contributed by atoms with Crippen molar-refractivity contribution in [3.63, 3.8) is 0 Å². The van der Waals surface area contributed by atoms with Crippen molar-refractivity contribution >= 4 is 22.4 Å². The zero-order valence-corrected chi connectivity index (χ0v) is 13.5. The van der Waals surface area contributed by atoms with Gasteiger partial charge in [-0.3, -0.25) is 10.1 Å². The summed E-state index contributed by atoms with van der Waals surface area (Å²) in [5.41, 5.74) is 1.76. The predicted octanol–water partition coefficient (Wildman–Crippen LogP) is 3.34. The lowest BCUT2D eigenvalue weighted by Crippen LogP contribution is -2.11. The number of nitrogens with zero attached hydrogens (tertiary/aromatic N) is 3. The quantitative estimate of drug-likeness (QED) is 0.789. The highest BCUT2D eigenvalue weighted by atomic mass is 32.1. The van der Waals surface area contributed by atoms with Crippen LogP contribution < -0.4 is 10.1 Å². The fourth-order valence-corrected chi connectivity index (χ4v) is 2.84. The van der Waals surface area contributed by atoms with Gasteiger partial charge in [0.1, 0.15) is 5.75 Å². The van der Waals surface area contributed by atoms with Crippen LogP contribution in [0.1, 0.15) is 15.9 Å². The van der Waals surface area contributed by atoms with E-state index in [0.29, 0.717) is 27.0 Å². The number of anilines is 1. The molecule has 2 aromatic carbocycles. The highest BCUT2D eigenvalue weighted by Gasteiger charge is 2.13. The number of carbonyl (C=O) groups excluding carboxylic acids is 1. The van der Waals surface area contributed by atoms with Crippen LogP contribution in [0.25, 0.3) is 10.6 Å². The summed E-state index contributed by atoms with van der Waals surface area (Å²) >= 11 is 1.26. The molecule has 0 aliphatic carbocycles. The Balaban J connectivity index is 1.78. The van der Waals surface area contributed by atoms with E-state index in [2.05, 4.69) is 15.5 Å². The van der Waals surface area contributed by atoms with Gasteiger partial charge >= 0.3 is 0 Å². The van der Waals surface area contributed by atoms with Crippen LogP contribution in [0.3, 0.4) is 0 Å². The summed E-state index contributed by atoms with van der Waals surface area (Å²) in [5.74, 6) is 0.390. The first-order valence-corrected chi connectivity index (χ1v) is 7.81. The fraction of sp³-hybridized carbons (Fsp3) is 0.0588. The van der Waals surface area contributed by atoms with Gasteiger partial charge in [0, 0.05) is 5.56 Å². The second-order valence-electron chi connectivity index (χ2n) is 4.76. The maximum Gasteiger partial charge on any atom is 0.257 e. The van der Waals surface area contributed by atoms with Gasteiger partial charge in [-0.1, -0.05) is 23.5 Å². The molecule has 0 fully saturated rings. The lowest BCUT2D eigenvalue weighted by Gasteiger charge is -2.03. The van der Waals surface area contributed by atoms with Crippen molar-refractivity contribution in [2.75, 3.05) is 12.4 Å². The van der Waals surface area contributed by atoms with Crippen molar-refractivity contribution in [3.8, 4) is 22.4 Å². The second kappa shape index (κ2) is 6.89. The van der Waals surface area contributed by atoms with Crippen LogP contribution in [0.15, 0.2) is 48.5 Å². The number of rotatable bonds is 4. The molecule has 0 unspecified atom stereocenters. The number of nitrogens with one attached hydrogen (secondary N) is 1. The molecule has 0 aliphatic heterocycles.